The van der Waals surface area contributed by atoms with Crippen LogP contribution in [-0.2, 0) is 16.0 Å². The molecule has 0 radical (unpaired) electrons. The van der Waals surface area contributed by atoms with Gasteiger partial charge in [0.1, 0.15) is 0 Å². The Morgan fingerprint density at radius 3 is 2.57 bits per heavy atom. The van der Waals surface area contributed by atoms with Crippen LogP contribution >= 0.6 is 0 Å². The van der Waals surface area contributed by atoms with Crippen molar-refractivity contribution in [2.24, 2.45) is 11.3 Å². The molecule has 5 nitrogen and oxygen atoms in total. The number of nitrogens with zero attached hydrogens (tertiary/aromatic N) is 3. The summed E-state index contributed by atoms with van der Waals surface area (Å²) in [6.45, 7) is 8.57. The summed E-state index contributed by atoms with van der Waals surface area (Å²) in [6.07, 6.45) is 6.94. The Hall–Kier alpha value is -1.59. The molecule has 3 fully saturated rings. The third kappa shape index (κ3) is 5.17. The van der Waals surface area contributed by atoms with E-state index in [1.54, 1.807) is 0 Å². The third-order valence-electron chi connectivity index (χ3n) is 7.47. The van der Waals surface area contributed by atoms with Crippen molar-refractivity contribution >= 4 is 11.6 Å². The third-order valence-corrected chi connectivity index (χ3v) is 7.47. The van der Waals surface area contributed by atoms with E-state index in [1.165, 1.54) is 38.0 Å². The lowest BCUT2D eigenvalue weighted by Gasteiger charge is -2.39. The molecule has 1 aromatic rings. The first kappa shape index (κ1) is 21.6. The maximum Gasteiger partial charge on any atom is 0.226 e. The zero-order valence-corrected chi connectivity index (χ0v) is 19.1. The predicted octanol–water partition coefficient (Wildman–Crippen LogP) is 3.42. The SMILES string of the molecule is C[C@@H]1CCCN(C[C@@H]2CC3(CCN(C(=O)Cc4ccc(N(C)C)cc4)CC3)CO2)C1. The predicted molar refractivity (Wildman–Crippen MR) is 122 cm³/mol. The van der Waals surface area contributed by atoms with Gasteiger partial charge in [-0.1, -0.05) is 19.1 Å². The van der Waals surface area contributed by atoms with Crippen molar-refractivity contribution in [2.45, 2.75) is 51.6 Å². The second kappa shape index (κ2) is 9.27. The van der Waals surface area contributed by atoms with Crippen LogP contribution in [0.3, 0.4) is 0 Å². The van der Waals surface area contributed by atoms with E-state index in [4.69, 9.17) is 4.74 Å². The van der Waals surface area contributed by atoms with Gasteiger partial charge in [-0.15, -0.1) is 0 Å². The monoisotopic (exact) mass is 413 g/mol. The van der Waals surface area contributed by atoms with Crippen molar-refractivity contribution in [3.63, 3.8) is 0 Å². The van der Waals surface area contributed by atoms with Crippen LogP contribution in [0.2, 0.25) is 0 Å². The molecule has 0 saturated carbocycles. The van der Waals surface area contributed by atoms with E-state index < -0.39 is 0 Å². The van der Waals surface area contributed by atoms with Gasteiger partial charge in [0.15, 0.2) is 0 Å². The van der Waals surface area contributed by atoms with Gasteiger partial charge in [-0.05, 0) is 67.7 Å². The van der Waals surface area contributed by atoms with Crippen molar-refractivity contribution in [3.8, 4) is 0 Å². The van der Waals surface area contributed by atoms with Gasteiger partial charge in [0.25, 0.3) is 0 Å². The number of rotatable bonds is 5. The molecule has 1 amide bonds. The zero-order chi connectivity index (χ0) is 21.1. The molecule has 2 atom stereocenters. The number of amides is 1. The number of likely N-dealkylation sites (tertiary alicyclic amines) is 2. The van der Waals surface area contributed by atoms with E-state index in [0.717, 1.165) is 50.6 Å². The summed E-state index contributed by atoms with van der Waals surface area (Å²) >= 11 is 0. The molecule has 0 unspecified atom stereocenters. The van der Waals surface area contributed by atoms with E-state index in [1.807, 2.05) is 14.1 Å². The quantitative estimate of drug-likeness (QED) is 0.741. The summed E-state index contributed by atoms with van der Waals surface area (Å²) < 4.78 is 6.26. The van der Waals surface area contributed by atoms with Crippen LogP contribution in [-0.4, -0.2) is 75.2 Å². The molecule has 0 aliphatic carbocycles. The number of anilines is 1. The van der Waals surface area contributed by atoms with Gasteiger partial charge >= 0.3 is 0 Å². The Labute approximate surface area is 182 Å². The average Bonchev–Trinajstić information content (AvgIpc) is 3.10. The molecule has 5 heteroatoms. The Kier molecular flexibility index (Phi) is 6.69. The van der Waals surface area contributed by atoms with Gasteiger partial charge in [-0.2, -0.15) is 0 Å². The fraction of sp³-hybridized carbons (Fsp3) is 0.720. The summed E-state index contributed by atoms with van der Waals surface area (Å²) in [4.78, 5) is 19.6. The molecule has 166 valence electrons. The van der Waals surface area contributed by atoms with E-state index in [-0.39, 0.29) is 5.91 Å². The van der Waals surface area contributed by atoms with Crippen LogP contribution in [0.4, 0.5) is 5.69 Å². The van der Waals surface area contributed by atoms with Crippen LogP contribution in [0.1, 0.15) is 44.6 Å². The van der Waals surface area contributed by atoms with E-state index in [9.17, 15) is 4.79 Å². The minimum Gasteiger partial charge on any atom is -0.378 e. The first-order chi connectivity index (χ1) is 14.4. The summed E-state index contributed by atoms with van der Waals surface area (Å²) in [5.74, 6) is 1.09. The number of ether oxygens (including phenoxy) is 1. The molecule has 3 heterocycles. The Bertz CT molecular complexity index is 710. The van der Waals surface area contributed by atoms with Crippen molar-refractivity contribution in [1.29, 1.82) is 0 Å². The van der Waals surface area contributed by atoms with Gasteiger partial charge < -0.3 is 19.4 Å². The number of piperidine rings is 2. The van der Waals surface area contributed by atoms with E-state index >= 15 is 0 Å². The van der Waals surface area contributed by atoms with Crippen LogP contribution in [0.25, 0.3) is 0 Å². The minimum atomic E-state index is 0.264. The maximum absolute atomic E-state index is 12.8. The fourth-order valence-electron chi connectivity index (χ4n) is 5.53. The van der Waals surface area contributed by atoms with Crippen molar-refractivity contribution in [2.75, 3.05) is 58.3 Å². The molecule has 4 rings (SSSR count). The van der Waals surface area contributed by atoms with Crippen LogP contribution in [0.15, 0.2) is 24.3 Å². The average molecular weight is 414 g/mol. The topological polar surface area (TPSA) is 36.0 Å². The highest BCUT2D eigenvalue weighted by molar-refractivity contribution is 5.79. The highest BCUT2D eigenvalue weighted by atomic mass is 16.5. The van der Waals surface area contributed by atoms with Crippen molar-refractivity contribution in [1.82, 2.24) is 9.80 Å². The van der Waals surface area contributed by atoms with Crippen molar-refractivity contribution in [3.05, 3.63) is 29.8 Å². The molecular weight excluding hydrogens is 374 g/mol. The van der Waals surface area contributed by atoms with Gasteiger partial charge in [0.2, 0.25) is 5.91 Å². The van der Waals surface area contributed by atoms with Crippen LogP contribution in [0.5, 0.6) is 0 Å². The fourth-order valence-corrected chi connectivity index (χ4v) is 5.53. The van der Waals surface area contributed by atoms with E-state index in [2.05, 4.69) is 45.9 Å². The highest BCUT2D eigenvalue weighted by Crippen LogP contribution is 2.42. The highest BCUT2D eigenvalue weighted by Gasteiger charge is 2.43. The molecule has 3 aliphatic heterocycles. The summed E-state index contributed by atoms with van der Waals surface area (Å²) in [6, 6.07) is 8.34. The number of benzene rings is 1. The summed E-state index contributed by atoms with van der Waals surface area (Å²) in [5, 5.41) is 0. The molecule has 1 spiro atoms. The van der Waals surface area contributed by atoms with Crippen LogP contribution < -0.4 is 4.90 Å². The standard InChI is InChI=1S/C25H39N3O2/c1-20-5-4-12-27(17-20)18-23-16-25(19-30-23)10-13-28(14-11-25)24(29)15-21-6-8-22(9-7-21)26(2)3/h6-9,20,23H,4-5,10-19H2,1-3H3/t20-,23+/m1/s1. The van der Waals surface area contributed by atoms with Gasteiger partial charge in [-0.25, -0.2) is 0 Å². The molecular formula is C25H39N3O2. The first-order valence-electron chi connectivity index (χ1n) is 11.8. The minimum absolute atomic E-state index is 0.264. The molecule has 3 aliphatic rings. The Balaban J connectivity index is 1.24. The molecule has 0 N–H and O–H groups in total. The van der Waals surface area contributed by atoms with Crippen molar-refractivity contribution < 1.29 is 9.53 Å². The van der Waals surface area contributed by atoms with Gasteiger partial charge in [-0.3, -0.25) is 4.79 Å². The Morgan fingerprint density at radius 1 is 1.17 bits per heavy atom. The Morgan fingerprint density at radius 2 is 1.90 bits per heavy atom. The lowest BCUT2D eigenvalue weighted by atomic mass is 9.76. The van der Waals surface area contributed by atoms with Crippen LogP contribution in [0, 0.1) is 11.3 Å². The second-order valence-corrected chi connectivity index (χ2v) is 10.3. The molecule has 0 bridgehead atoms. The summed E-state index contributed by atoms with van der Waals surface area (Å²) in [7, 11) is 4.07. The van der Waals surface area contributed by atoms with E-state index in [0.29, 0.717) is 17.9 Å². The maximum atomic E-state index is 12.8. The van der Waals surface area contributed by atoms with Gasteiger partial charge in [0.05, 0.1) is 19.1 Å². The lowest BCUT2D eigenvalue weighted by molar-refractivity contribution is -0.132. The number of hydrogen-bond acceptors (Lipinski definition) is 4. The number of carbonyl (C=O) groups excluding carboxylic acids is 1. The molecule has 0 aromatic heterocycles. The molecule has 30 heavy (non-hydrogen) atoms. The summed E-state index contributed by atoms with van der Waals surface area (Å²) in [5.41, 5.74) is 2.57. The number of carbonyl (C=O) groups is 1. The zero-order valence-electron chi connectivity index (χ0n) is 19.1. The molecule has 1 aromatic carbocycles. The smallest absolute Gasteiger partial charge is 0.226 e. The normalized spacial score (nSPS) is 26.8. The van der Waals surface area contributed by atoms with Gasteiger partial charge in [0, 0.05) is 46.0 Å². The molecule has 3 saturated heterocycles. The number of hydrogen-bond donors (Lipinski definition) is 0. The second-order valence-electron chi connectivity index (χ2n) is 10.3. The largest absolute Gasteiger partial charge is 0.378 e. The lowest BCUT2D eigenvalue weighted by Crippen LogP contribution is -2.44. The first-order valence-corrected chi connectivity index (χ1v) is 11.8.